The quantitative estimate of drug-likeness (QED) is 0.382. The van der Waals surface area contributed by atoms with Crippen LogP contribution in [0.5, 0.6) is 0 Å². The van der Waals surface area contributed by atoms with E-state index in [9.17, 15) is 5.11 Å². The topological polar surface area (TPSA) is 63.1 Å². The van der Waals surface area contributed by atoms with Crippen molar-refractivity contribution >= 4 is 5.96 Å². The summed E-state index contributed by atoms with van der Waals surface area (Å²) in [7, 11) is 2.24. The van der Waals surface area contributed by atoms with Crippen LogP contribution < -0.4 is 10.6 Å². The molecular weight excluding hydrogens is 362 g/mol. The molecule has 0 radical (unpaired) electrons. The van der Waals surface area contributed by atoms with Crippen LogP contribution in [0, 0.1) is 11.8 Å². The van der Waals surface area contributed by atoms with Gasteiger partial charge in [0.2, 0.25) is 0 Å². The first-order chi connectivity index (χ1) is 14.0. The van der Waals surface area contributed by atoms with Gasteiger partial charge in [-0.3, -0.25) is 9.89 Å². The molecule has 1 atom stereocenters. The molecule has 3 N–H and O–H groups in total. The van der Waals surface area contributed by atoms with E-state index in [1.807, 2.05) is 0 Å². The van der Waals surface area contributed by atoms with Crippen molar-refractivity contribution < 1.29 is 5.11 Å². The van der Waals surface area contributed by atoms with E-state index in [0.717, 1.165) is 38.4 Å². The van der Waals surface area contributed by atoms with Crippen LogP contribution in [0.25, 0.3) is 0 Å². The molecular formula is C23H47N5O. The summed E-state index contributed by atoms with van der Waals surface area (Å²) in [4.78, 5) is 10.3. The average Bonchev–Trinajstić information content (AvgIpc) is 2.72. The van der Waals surface area contributed by atoms with Gasteiger partial charge in [0.1, 0.15) is 0 Å². The Morgan fingerprint density at radius 1 is 1.07 bits per heavy atom. The van der Waals surface area contributed by atoms with E-state index in [2.05, 4.69) is 48.3 Å². The summed E-state index contributed by atoms with van der Waals surface area (Å²) in [5.74, 6) is 2.08. The number of guanidine groups is 1. The number of hydrogen-bond acceptors (Lipinski definition) is 4. The normalized spacial score (nSPS) is 22.6. The molecule has 6 heteroatoms. The largest absolute Gasteiger partial charge is 0.396 e. The number of hydrogen-bond donors (Lipinski definition) is 3. The van der Waals surface area contributed by atoms with Gasteiger partial charge >= 0.3 is 0 Å². The third-order valence-electron chi connectivity index (χ3n) is 6.72. The van der Waals surface area contributed by atoms with Crippen LogP contribution in [0.4, 0.5) is 0 Å². The lowest BCUT2D eigenvalue weighted by Gasteiger charge is -2.49. The summed E-state index contributed by atoms with van der Waals surface area (Å²) < 4.78 is 0. The first-order valence-corrected chi connectivity index (χ1v) is 12.1. The van der Waals surface area contributed by atoms with Crippen LogP contribution in [0.3, 0.4) is 0 Å². The Hall–Kier alpha value is -0.850. The second-order valence-electron chi connectivity index (χ2n) is 9.66. The zero-order chi connectivity index (χ0) is 21.1. The fourth-order valence-electron chi connectivity index (χ4n) is 4.94. The third-order valence-corrected chi connectivity index (χ3v) is 6.72. The predicted octanol–water partition coefficient (Wildman–Crippen LogP) is 2.54. The molecule has 0 amide bonds. The smallest absolute Gasteiger partial charge is 0.191 e. The summed E-state index contributed by atoms with van der Waals surface area (Å²) in [5.41, 5.74) is 0.220. The highest BCUT2D eigenvalue weighted by atomic mass is 16.3. The summed E-state index contributed by atoms with van der Waals surface area (Å²) in [6.45, 7) is 14.3. The van der Waals surface area contributed by atoms with E-state index in [1.54, 1.807) is 0 Å². The summed E-state index contributed by atoms with van der Waals surface area (Å²) in [6.07, 6.45) is 8.46. The molecule has 1 unspecified atom stereocenters. The maximum absolute atomic E-state index is 9.41. The minimum absolute atomic E-state index is 0.220. The van der Waals surface area contributed by atoms with Crippen LogP contribution in [0.2, 0.25) is 0 Å². The summed E-state index contributed by atoms with van der Waals surface area (Å²) >= 11 is 0. The Bertz CT molecular complexity index is 468. The van der Waals surface area contributed by atoms with Gasteiger partial charge in [-0.2, -0.15) is 0 Å². The van der Waals surface area contributed by atoms with Gasteiger partial charge in [0.15, 0.2) is 5.96 Å². The number of piperidine rings is 2. The van der Waals surface area contributed by atoms with Gasteiger partial charge in [0.25, 0.3) is 0 Å². The second-order valence-corrected chi connectivity index (χ2v) is 9.66. The molecule has 2 fully saturated rings. The van der Waals surface area contributed by atoms with E-state index < -0.39 is 0 Å². The lowest BCUT2D eigenvalue weighted by molar-refractivity contribution is 0.0208. The molecule has 2 heterocycles. The van der Waals surface area contributed by atoms with Crippen LogP contribution in [-0.4, -0.2) is 85.9 Å². The highest BCUT2D eigenvalue weighted by Gasteiger charge is 2.39. The number of aliphatic hydroxyl groups is 1. The van der Waals surface area contributed by atoms with Gasteiger partial charge in [-0.1, -0.05) is 20.3 Å². The van der Waals surface area contributed by atoms with Crippen molar-refractivity contribution in [1.82, 2.24) is 20.4 Å². The lowest BCUT2D eigenvalue weighted by atomic mass is 9.84. The Labute approximate surface area is 179 Å². The van der Waals surface area contributed by atoms with E-state index in [-0.39, 0.29) is 12.1 Å². The molecule has 0 saturated carbocycles. The number of likely N-dealkylation sites (tertiary alicyclic amines) is 2. The maximum atomic E-state index is 9.41. The molecule has 0 aromatic heterocycles. The molecule has 0 spiro atoms. The molecule has 29 heavy (non-hydrogen) atoms. The Balaban J connectivity index is 2.03. The van der Waals surface area contributed by atoms with Crippen LogP contribution in [-0.2, 0) is 0 Å². The number of aliphatic imine (C=N–C) groups is 1. The standard InChI is InChI=1S/C23H47N5O/c1-5-24-22(25-18-21(9-16-29)17-20(2)3)26-19-23(10-14-27(4)15-11-23)28-12-7-6-8-13-28/h20-21,29H,5-19H2,1-4H3,(H2,24,25,26). The maximum Gasteiger partial charge on any atom is 0.191 e. The number of nitrogens with one attached hydrogen (secondary N) is 2. The van der Waals surface area contributed by atoms with E-state index in [0.29, 0.717) is 11.8 Å². The molecule has 170 valence electrons. The second kappa shape index (κ2) is 12.8. The third kappa shape index (κ3) is 8.06. The van der Waals surface area contributed by atoms with Gasteiger partial charge in [0, 0.05) is 25.2 Å². The Morgan fingerprint density at radius 2 is 1.76 bits per heavy atom. The minimum Gasteiger partial charge on any atom is -0.396 e. The SMILES string of the molecule is CCNC(=NCC1(N2CCCCC2)CCN(C)CC1)NCC(CCO)CC(C)C. The van der Waals surface area contributed by atoms with Crippen LogP contribution >= 0.6 is 0 Å². The van der Waals surface area contributed by atoms with Crippen molar-refractivity contribution in [3.8, 4) is 0 Å². The molecule has 0 bridgehead atoms. The fraction of sp³-hybridized carbons (Fsp3) is 0.957. The highest BCUT2D eigenvalue weighted by Crippen LogP contribution is 2.31. The van der Waals surface area contributed by atoms with Crippen molar-refractivity contribution in [2.75, 3.05) is 59.5 Å². The molecule has 0 aromatic carbocycles. The molecule has 2 aliphatic heterocycles. The lowest BCUT2D eigenvalue weighted by Crippen LogP contribution is -2.58. The van der Waals surface area contributed by atoms with Crippen molar-refractivity contribution in [1.29, 1.82) is 0 Å². The van der Waals surface area contributed by atoms with E-state index in [4.69, 9.17) is 4.99 Å². The molecule has 0 aromatic rings. The van der Waals surface area contributed by atoms with Gasteiger partial charge in [-0.25, -0.2) is 0 Å². The zero-order valence-electron chi connectivity index (χ0n) is 19.6. The molecule has 6 nitrogen and oxygen atoms in total. The number of rotatable bonds is 10. The van der Waals surface area contributed by atoms with Crippen molar-refractivity contribution in [2.45, 2.75) is 71.3 Å². The van der Waals surface area contributed by atoms with Crippen LogP contribution in [0.15, 0.2) is 4.99 Å². The van der Waals surface area contributed by atoms with Gasteiger partial charge in [0.05, 0.1) is 6.54 Å². The summed E-state index contributed by atoms with van der Waals surface area (Å²) in [6, 6.07) is 0. The van der Waals surface area contributed by atoms with Gasteiger partial charge < -0.3 is 20.6 Å². The molecule has 2 aliphatic rings. The molecule has 2 saturated heterocycles. The van der Waals surface area contributed by atoms with Crippen molar-refractivity contribution in [3.05, 3.63) is 0 Å². The zero-order valence-corrected chi connectivity index (χ0v) is 19.6. The average molecular weight is 410 g/mol. The predicted molar refractivity (Wildman–Crippen MR) is 124 cm³/mol. The fourth-order valence-corrected chi connectivity index (χ4v) is 4.94. The number of aliphatic hydroxyl groups excluding tert-OH is 1. The monoisotopic (exact) mass is 409 g/mol. The van der Waals surface area contributed by atoms with Crippen molar-refractivity contribution in [3.63, 3.8) is 0 Å². The van der Waals surface area contributed by atoms with Gasteiger partial charge in [-0.15, -0.1) is 0 Å². The molecule has 0 aliphatic carbocycles. The van der Waals surface area contributed by atoms with Crippen molar-refractivity contribution in [2.24, 2.45) is 16.8 Å². The highest BCUT2D eigenvalue weighted by molar-refractivity contribution is 5.79. The Morgan fingerprint density at radius 3 is 2.34 bits per heavy atom. The summed E-state index contributed by atoms with van der Waals surface area (Å²) in [5, 5.41) is 16.4. The van der Waals surface area contributed by atoms with E-state index in [1.165, 1.54) is 58.3 Å². The first kappa shape index (κ1) is 24.4. The first-order valence-electron chi connectivity index (χ1n) is 12.1. The molecule has 2 rings (SSSR count). The Kier molecular flexibility index (Phi) is 10.7. The van der Waals surface area contributed by atoms with Gasteiger partial charge in [-0.05, 0) is 90.5 Å². The minimum atomic E-state index is 0.220. The van der Waals surface area contributed by atoms with Crippen LogP contribution in [0.1, 0.15) is 65.7 Å². The van der Waals surface area contributed by atoms with E-state index >= 15 is 0 Å². The number of nitrogens with zero attached hydrogens (tertiary/aromatic N) is 3.